The number of rotatable bonds is 4. The number of carbonyl (C=O) groups is 1. The Hall–Kier alpha value is -1.76. The molecule has 2 aromatic rings. The molecule has 94 valence electrons. The maximum atomic E-state index is 13.4. The molecule has 0 aliphatic rings. The lowest BCUT2D eigenvalue weighted by Crippen LogP contribution is -2.26. The van der Waals surface area contributed by atoms with Crippen molar-refractivity contribution in [3.05, 3.63) is 46.2 Å². The molecule has 2 N–H and O–H groups in total. The third-order valence-corrected chi connectivity index (χ3v) is 2.78. The average molecular weight is 313 g/mol. The van der Waals surface area contributed by atoms with Crippen molar-refractivity contribution < 1.29 is 9.18 Å². The molecule has 0 aliphatic heterocycles. The Kier molecular flexibility index (Phi) is 4.03. The summed E-state index contributed by atoms with van der Waals surface area (Å²) in [6.45, 7) is 0.361. The summed E-state index contributed by atoms with van der Waals surface area (Å²) < 4.78 is 14.1. The second kappa shape index (κ2) is 5.72. The first-order valence-corrected chi connectivity index (χ1v) is 6.03. The highest BCUT2D eigenvalue weighted by molar-refractivity contribution is 9.10. The monoisotopic (exact) mass is 312 g/mol. The van der Waals surface area contributed by atoms with Gasteiger partial charge >= 0.3 is 0 Å². The molecule has 0 aliphatic carbocycles. The van der Waals surface area contributed by atoms with Crippen LogP contribution in [0.5, 0.6) is 0 Å². The van der Waals surface area contributed by atoms with Crippen LogP contribution in [0.3, 0.4) is 0 Å². The summed E-state index contributed by atoms with van der Waals surface area (Å²) in [6, 6.07) is 4.23. The lowest BCUT2D eigenvalue weighted by Gasteiger charge is -2.05. The van der Waals surface area contributed by atoms with E-state index >= 15 is 0 Å². The van der Waals surface area contributed by atoms with Crippen LogP contribution >= 0.6 is 15.9 Å². The van der Waals surface area contributed by atoms with Crippen molar-refractivity contribution in [3.8, 4) is 0 Å². The topological polar surface area (TPSA) is 70.7 Å². The van der Waals surface area contributed by atoms with Crippen LogP contribution in [0.25, 0.3) is 0 Å². The molecule has 7 heteroatoms. The molecule has 2 rings (SSSR count). The van der Waals surface area contributed by atoms with Crippen molar-refractivity contribution in [3.63, 3.8) is 0 Å². The smallest absolute Gasteiger partial charge is 0.254 e. The number of benzene rings is 1. The van der Waals surface area contributed by atoms with Gasteiger partial charge in [-0.15, -0.1) is 0 Å². The van der Waals surface area contributed by atoms with Crippen molar-refractivity contribution in [2.45, 2.75) is 6.42 Å². The number of nitrogens with zero attached hydrogens (tertiary/aromatic N) is 2. The van der Waals surface area contributed by atoms with E-state index in [9.17, 15) is 9.18 Å². The third-order valence-electron chi connectivity index (χ3n) is 2.29. The summed E-state index contributed by atoms with van der Waals surface area (Å²) in [5, 5.41) is 8.98. The second-order valence-electron chi connectivity index (χ2n) is 3.56. The van der Waals surface area contributed by atoms with Gasteiger partial charge in [0.15, 0.2) is 0 Å². The highest BCUT2D eigenvalue weighted by Crippen LogP contribution is 2.15. The Bertz CT molecular complexity index is 544. The molecule has 0 radical (unpaired) electrons. The van der Waals surface area contributed by atoms with Crippen molar-refractivity contribution in [1.29, 1.82) is 0 Å². The van der Waals surface area contributed by atoms with Crippen LogP contribution in [0.15, 0.2) is 29.0 Å². The average Bonchev–Trinajstić information content (AvgIpc) is 2.85. The summed E-state index contributed by atoms with van der Waals surface area (Å²) in [7, 11) is 0. The van der Waals surface area contributed by atoms with Gasteiger partial charge in [-0.2, -0.15) is 5.10 Å². The minimum atomic E-state index is -0.546. The number of nitrogens with one attached hydrogen (secondary N) is 2. The van der Waals surface area contributed by atoms with E-state index in [2.05, 4.69) is 36.4 Å². The number of hydrogen-bond donors (Lipinski definition) is 2. The molecule has 0 spiro atoms. The molecule has 0 atom stereocenters. The number of carbonyl (C=O) groups excluding carboxylic acids is 1. The molecule has 1 aromatic carbocycles. The van der Waals surface area contributed by atoms with E-state index in [1.54, 1.807) is 6.07 Å². The fourth-order valence-electron chi connectivity index (χ4n) is 1.41. The maximum absolute atomic E-state index is 13.4. The van der Waals surface area contributed by atoms with Crippen LogP contribution in [-0.2, 0) is 6.42 Å². The van der Waals surface area contributed by atoms with E-state index in [0.29, 0.717) is 23.3 Å². The van der Waals surface area contributed by atoms with Crippen LogP contribution in [0, 0.1) is 5.82 Å². The molecular formula is C11H10BrFN4O. The van der Waals surface area contributed by atoms with Gasteiger partial charge in [-0.05, 0) is 18.2 Å². The van der Waals surface area contributed by atoms with E-state index in [1.165, 1.54) is 18.5 Å². The number of aromatic nitrogens is 3. The van der Waals surface area contributed by atoms with Crippen molar-refractivity contribution in [2.24, 2.45) is 0 Å². The van der Waals surface area contributed by atoms with Gasteiger partial charge < -0.3 is 5.32 Å². The Morgan fingerprint density at radius 3 is 3.06 bits per heavy atom. The Morgan fingerprint density at radius 1 is 1.50 bits per heavy atom. The molecule has 0 fully saturated rings. The molecule has 18 heavy (non-hydrogen) atoms. The normalized spacial score (nSPS) is 10.3. The van der Waals surface area contributed by atoms with Gasteiger partial charge in [0, 0.05) is 17.4 Å². The standard InChI is InChI=1S/C11H10BrFN4O/c12-7-1-2-9(13)8(5-7)11(18)14-4-3-10-15-6-16-17-10/h1-2,5-6H,3-4H2,(H,14,18)(H,15,16,17). The number of aromatic amines is 1. The van der Waals surface area contributed by atoms with E-state index in [0.717, 1.165) is 0 Å². The minimum Gasteiger partial charge on any atom is -0.351 e. The fourth-order valence-corrected chi connectivity index (χ4v) is 1.77. The molecule has 1 aromatic heterocycles. The first-order chi connectivity index (χ1) is 8.66. The molecule has 1 amide bonds. The fraction of sp³-hybridized carbons (Fsp3) is 0.182. The van der Waals surface area contributed by atoms with Crippen LogP contribution in [0.4, 0.5) is 4.39 Å². The van der Waals surface area contributed by atoms with Crippen LogP contribution in [0.2, 0.25) is 0 Å². The van der Waals surface area contributed by atoms with E-state index in [-0.39, 0.29) is 5.56 Å². The van der Waals surface area contributed by atoms with Gasteiger partial charge in [0.1, 0.15) is 18.0 Å². The molecule has 0 saturated carbocycles. The minimum absolute atomic E-state index is 0.0157. The van der Waals surface area contributed by atoms with E-state index in [1.807, 2.05) is 0 Å². The summed E-state index contributed by atoms with van der Waals surface area (Å²) >= 11 is 3.19. The molecule has 0 saturated heterocycles. The van der Waals surface area contributed by atoms with Crippen molar-refractivity contribution in [2.75, 3.05) is 6.54 Å². The first-order valence-electron chi connectivity index (χ1n) is 5.24. The lowest BCUT2D eigenvalue weighted by atomic mass is 10.2. The van der Waals surface area contributed by atoms with Gasteiger partial charge in [0.2, 0.25) is 0 Å². The van der Waals surface area contributed by atoms with Gasteiger partial charge in [-0.3, -0.25) is 9.89 Å². The van der Waals surface area contributed by atoms with E-state index < -0.39 is 11.7 Å². The number of H-pyrrole nitrogens is 1. The molecule has 0 bridgehead atoms. The summed E-state index contributed by atoms with van der Waals surface area (Å²) in [6.07, 6.45) is 1.91. The van der Waals surface area contributed by atoms with Crippen molar-refractivity contribution >= 4 is 21.8 Å². The molecule has 5 nitrogen and oxygen atoms in total. The summed E-state index contributed by atoms with van der Waals surface area (Å²) in [5.74, 6) is -0.325. The third kappa shape index (κ3) is 3.13. The predicted octanol–water partition coefficient (Wildman–Crippen LogP) is 1.68. The molecular weight excluding hydrogens is 303 g/mol. The van der Waals surface area contributed by atoms with Crippen LogP contribution < -0.4 is 5.32 Å². The highest BCUT2D eigenvalue weighted by Gasteiger charge is 2.11. The largest absolute Gasteiger partial charge is 0.351 e. The Labute approximate surface area is 111 Å². The van der Waals surface area contributed by atoms with E-state index in [4.69, 9.17) is 0 Å². The second-order valence-corrected chi connectivity index (χ2v) is 4.48. The van der Waals surface area contributed by atoms with Crippen LogP contribution in [0.1, 0.15) is 16.2 Å². The molecule has 0 unspecified atom stereocenters. The maximum Gasteiger partial charge on any atom is 0.254 e. The zero-order chi connectivity index (χ0) is 13.0. The first kappa shape index (κ1) is 12.7. The van der Waals surface area contributed by atoms with Gasteiger partial charge in [-0.1, -0.05) is 15.9 Å². The quantitative estimate of drug-likeness (QED) is 0.902. The highest BCUT2D eigenvalue weighted by atomic mass is 79.9. The zero-order valence-corrected chi connectivity index (χ0v) is 10.9. The van der Waals surface area contributed by atoms with Crippen molar-refractivity contribution in [1.82, 2.24) is 20.5 Å². The van der Waals surface area contributed by atoms with Gasteiger partial charge in [0.25, 0.3) is 5.91 Å². The summed E-state index contributed by atoms with van der Waals surface area (Å²) in [5.41, 5.74) is 0.0157. The predicted molar refractivity (Wildman–Crippen MR) is 66.5 cm³/mol. The summed E-state index contributed by atoms with van der Waals surface area (Å²) in [4.78, 5) is 15.6. The molecule has 1 heterocycles. The van der Waals surface area contributed by atoms with Gasteiger partial charge in [-0.25, -0.2) is 9.37 Å². The lowest BCUT2D eigenvalue weighted by molar-refractivity contribution is 0.0950. The number of amides is 1. The Morgan fingerprint density at radius 2 is 2.33 bits per heavy atom. The van der Waals surface area contributed by atoms with Gasteiger partial charge in [0.05, 0.1) is 5.56 Å². The number of halogens is 2. The number of hydrogen-bond acceptors (Lipinski definition) is 3. The zero-order valence-electron chi connectivity index (χ0n) is 9.28. The van der Waals surface area contributed by atoms with Crippen LogP contribution in [-0.4, -0.2) is 27.6 Å². The Balaban J connectivity index is 1.93. The SMILES string of the molecule is O=C(NCCc1ncn[nH]1)c1cc(Br)ccc1F.